The number of nitrogens with zero attached hydrogens (tertiary/aromatic N) is 1. The molecule has 1 aromatic rings. The van der Waals surface area contributed by atoms with E-state index in [1.165, 1.54) is 20.0 Å². The number of rotatable bonds is 5. The van der Waals surface area contributed by atoms with Gasteiger partial charge in [-0.05, 0) is 69.1 Å². The lowest BCUT2D eigenvalue weighted by Crippen LogP contribution is -2.39. The van der Waals surface area contributed by atoms with Crippen LogP contribution >= 0.6 is 11.6 Å². The highest BCUT2D eigenvalue weighted by Gasteiger charge is 2.76. The summed E-state index contributed by atoms with van der Waals surface area (Å²) < 4.78 is 22.1. The van der Waals surface area contributed by atoms with Crippen LogP contribution in [0.25, 0.3) is 0 Å². The average Bonchev–Trinajstić information content (AvgIpc) is 3.07. The van der Waals surface area contributed by atoms with Crippen LogP contribution in [0.1, 0.15) is 56.9 Å². The smallest absolute Gasteiger partial charge is 0.357 e. The van der Waals surface area contributed by atoms with E-state index in [1.54, 1.807) is 7.11 Å². The Morgan fingerprint density at radius 2 is 1.86 bits per heavy atom. The molecule has 1 spiro atoms. The zero-order chi connectivity index (χ0) is 20.7. The molecule has 0 N–H and O–H groups in total. The van der Waals surface area contributed by atoms with Gasteiger partial charge in [-0.15, -0.1) is 0 Å². The summed E-state index contributed by atoms with van der Waals surface area (Å²) in [6.07, 6.45) is 6.77. The van der Waals surface area contributed by atoms with E-state index in [-0.39, 0.29) is 6.10 Å². The van der Waals surface area contributed by atoms with E-state index in [2.05, 4.69) is 6.07 Å². The Morgan fingerprint density at radius 3 is 2.45 bits per heavy atom. The highest BCUT2D eigenvalue weighted by molar-refractivity contribution is 6.36. The molecule has 0 amide bonds. The monoisotopic (exact) mass is 419 g/mol. The van der Waals surface area contributed by atoms with Gasteiger partial charge >= 0.3 is 5.97 Å². The van der Waals surface area contributed by atoms with Crippen LogP contribution in [0.15, 0.2) is 18.2 Å². The number of epoxide rings is 1. The summed E-state index contributed by atoms with van der Waals surface area (Å²) in [5.74, 6) is 0.799. The Kier molecular flexibility index (Phi) is 5.16. The first kappa shape index (κ1) is 20.3. The summed E-state index contributed by atoms with van der Waals surface area (Å²) in [5.41, 5.74) is -0.509. The second kappa shape index (κ2) is 7.37. The Bertz CT molecular complexity index is 836. The van der Waals surface area contributed by atoms with E-state index in [0.29, 0.717) is 37.2 Å². The van der Waals surface area contributed by atoms with Crippen molar-refractivity contribution in [3.63, 3.8) is 0 Å². The normalized spacial score (nSPS) is 33.9. The van der Waals surface area contributed by atoms with Crippen molar-refractivity contribution < 1.29 is 23.7 Å². The number of benzene rings is 1. The number of nitriles is 1. The minimum atomic E-state index is -1.42. The van der Waals surface area contributed by atoms with Crippen LogP contribution in [0.5, 0.6) is 11.5 Å². The number of carbonyl (C=O) groups excluding carboxylic acids is 1. The van der Waals surface area contributed by atoms with Gasteiger partial charge in [-0.1, -0.05) is 17.7 Å². The zero-order valence-corrected chi connectivity index (χ0v) is 17.6. The maximum atomic E-state index is 12.0. The van der Waals surface area contributed by atoms with E-state index >= 15 is 0 Å². The summed E-state index contributed by atoms with van der Waals surface area (Å²) in [7, 11) is 2.92. The Balaban J connectivity index is 1.56. The van der Waals surface area contributed by atoms with Gasteiger partial charge in [0, 0.05) is 0 Å². The molecular weight excluding hydrogens is 394 g/mol. The molecule has 2 aliphatic carbocycles. The fourth-order valence-electron chi connectivity index (χ4n) is 4.82. The molecule has 3 fully saturated rings. The molecular formula is C22H26ClNO5. The van der Waals surface area contributed by atoms with E-state index in [1.807, 2.05) is 18.2 Å². The Morgan fingerprint density at radius 1 is 1.17 bits per heavy atom. The lowest BCUT2D eigenvalue weighted by Gasteiger charge is -2.35. The molecule has 2 saturated carbocycles. The van der Waals surface area contributed by atoms with Gasteiger partial charge in [-0.3, -0.25) is 0 Å². The van der Waals surface area contributed by atoms with E-state index in [0.717, 1.165) is 18.4 Å². The number of ether oxygens (including phenoxy) is 4. The minimum absolute atomic E-state index is 0.198. The lowest BCUT2D eigenvalue weighted by atomic mass is 9.66. The third kappa shape index (κ3) is 3.25. The van der Waals surface area contributed by atoms with E-state index in [9.17, 15) is 10.1 Å². The third-order valence-electron chi connectivity index (χ3n) is 6.77. The van der Waals surface area contributed by atoms with Gasteiger partial charge in [0.05, 0.1) is 31.8 Å². The first-order chi connectivity index (χ1) is 13.9. The number of hydrogen-bond donors (Lipinski definition) is 0. The maximum absolute atomic E-state index is 12.0. The van der Waals surface area contributed by atoms with Gasteiger partial charge in [-0.25, -0.2) is 4.79 Å². The lowest BCUT2D eigenvalue weighted by molar-refractivity contribution is -0.143. The van der Waals surface area contributed by atoms with Gasteiger partial charge in [0.1, 0.15) is 5.60 Å². The highest BCUT2D eigenvalue weighted by atomic mass is 35.5. The zero-order valence-electron chi connectivity index (χ0n) is 16.8. The van der Waals surface area contributed by atoms with Crippen LogP contribution in [0.3, 0.4) is 0 Å². The van der Waals surface area contributed by atoms with Crippen molar-refractivity contribution in [1.29, 1.82) is 5.26 Å². The number of esters is 1. The largest absolute Gasteiger partial charge is 0.493 e. The molecule has 0 radical (unpaired) electrons. The number of halogens is 1. The number of carbonyl (C=O) groups is 1. The van der Waals surface area contributed by atoms with Crippen LogP contribution < -0.4 is 9.47 Å². The second-order valence-corrected chi connectivity index (χ2v) is 8.80. The molecule has 1 aliphatic heterocycles. The van der Waals surface area contributed by atoms with Gasteiger partial charge in [0.15, 0.2) is 11.5 Å². The SMILES string of the molecule is COC(=O)C1(Cl)OC12CCC(C#N)(c1ccc(OC)c(OC3CCCC3)c1)CC2. The number of methoxy groups -OCH3 is 2. The second-order valence-electron chi connectivity index (χ2n) is 8.27. The third-order valence-corrected chi connectivity index (χ3v) is 7.34. The topological polar surface area (TPSA) is 81.1 Å². The maximum Gasteiger partial charge on any atom is 0.357 e. The van der Waals surface area contributed by atoms with Gasteiger partial charge in [-0.2, -0.15) is 5.26 Å². The van der Waals surface area contributed by atoms with Crippen LogP contribution in [-0.2, 0) is 19.7 Å². The van der Waals surface area contributed by atoms with Gasteiger partial charge in [0.25, 0.3) is 5.06 Å². The van der Waals surface area contributed by atoms with Crippen LogP contribution in [0.4, 0.5) is 0 Å². The molecule has 0 aromatic heterocycles. The van der Waals surface area contributed by atoms with Crippen molar-refractivity contribution in [1.82, 2.24) is 0 Å². The fourth-order valence-corrected chi connectivity index (χ4v) is 5.24. The van der Waals surface area contributed by atoms with Gasteiger partial charge < -0.3 is 18.9 Å². The standard InChI is InChI=1S/C22H26ClNO5/c1-26-17-8-7-15(13-18(17)28-16-5-3-4-6-16)20(14-24)9-11-21(12-10-20)22(23,29-21)19(25)27-2/h7-8,13,16H,3-6,9-12H2,1-2H3. The predicted molar refractivity (Wildman–Crippen MR) is 106 cm³/mol. The van der Waals surface area contributed by atoms with Crippen molar-refractivity contribution in [3.8, 4) is 17.6 Å². The summed E-state index contributed by atoms with van der Waals surface area (Å²) in [6, 6.07) is 8.27. The summed E-state index contributed by atoms with van der Waals surface area (Å²) in [5, 5.41) is 8.67. The molecule has 1 heterocycles. The van der Waals surface area contributed by atoms with E-state index in [4.69, 9.17) is 30.5 Å². The molecule has 1 atom stereocenters. The molecule has 156 valence electrons. The first-order valence-electron chi connectivity index (χ1n) is 10.2. The average molecular weight is 420 g/mol. The van der Waals surface area contributed by atoms with Crippen molar-refractivity contribution in [2.24, 2.45) is 0 Å². The van der Waals surface area contributed by atoms with Crippen molar-refractivity contribution in [3.05, 3.63) is 23.8 Å². The molecule has 29 heavy (non-hydrogen) atoms. The van der Waals surface area contributed by atoms with Crippen LogP contribution in [0, 0.1) is 11.3 Å². The Hall–Kier alpha value is -1.97. The molecule has 6 nitrogen and oxygen atoms in total. The first-order valence-corrected chi connectivity index (χ1v) is 10.5. The quantitative estimate of drug-likeness (QED) is 0.403. The highest BCUT2D eigenvalue weighted by Crippen LogP contribution is 2.62. The van der Waals surface area contributed by atoms with Crippen LogP contribution in [-0.4, -0.2) is 37.0 Å². The molecule has 4 rings (SSSR count). The Labute approximate surface area is 176 Å². The molecule has 1 unspecified atom stereocenters. The summed E-state index contributed by atoms with van der Waals surface area (Å²) in [4.78, 5) is 12.0. The van der Waals surface area contributed by atoms with E-state index < -0.39 is 22.0 Å². The van der Waals surface area contributed by atoms with Crippen LogP contribution in [0.2, 0.25) is 0 Å². The molecule has 1 aromatic carbocycles. The number of alkyl halides is 1. The van der Waals surface area contributed by atoms with Crippen molar-refractivity contribution in [2.45, 2.75) is 73.5 Å². The molecule has 1 saturated heterocycles. The van der Waals surface area contributed by atoms with Crippen molar-refractivity contribution >= 4 is 17.6 Å². The molecule has 7 heteroatoms. The predicted octanol–water partition coefficient (Wildman–Crippen LogP) is 4.23. The van der Waals surface area contributed by atoms with Crippen molar-refractivity contribution in [2.75, 3.05) is 14.2 Å². The number of hydrogen-bond acceptors (Lipinski definition) is 6. The summed E-state index contributed by atoms with van der Waals surface area (Å²) in [6.45, 7) is 0. The summed E-state index contributed by atoms with van der Waals surface area (Å²) >= 11 is 6.36. The molecule has 0 bridgehead atoms. The van der Waals surface area contributed by atoms with Gasteiger partial charge in [0.2, 0.25) is 0 Å². The fraction of sp³-hybridized carbons (Fsp3) is 0.636. The minimum Gasteiger partial charge on any atom is -0.493 e. The molecule has 3 aliphatic rings.